The third kappa shape index (κ3) is 6.56. The summed E-state index contributed by atoms with van der Waals surface area (Å²) < 4.78 is 13.9. The summed E-state index contributed by atoms with van der Waals surface area (Å²) in [5, 5.41) is 9.79. The van der Waals surface area contributed by atoms with E-state index in [1.54, 1.807) is 19.4 Å². The first-order chi connectivity index (χ1) is 21.9. The topological polar surface area (TPSA) is 124 Å². The molecule has 5 aromatic rings. The standard InChI is InChI=1S/C34H36N6O4S/c1-39-27-7-4-3-6-23(27)18-28(39)34(42)38-26-10-8-22(19-29(26)43-2)25-21-45-32-24(20-37-33(35)31(25)32)9-11-30(41)36-12-5-13-40-14-16-44-17-15-40/h3-4,6-11,18-21H,5,12-17H2,1-2H3,(H2,35,37)(H,36,41)(H,38,42). The Morgan fingerprint density at radius 2 is 1.98 bits per heavy atom. The molecule has 0 saturated carbocycles. The Labute approximate surface area is 265 Å². The van der Waals surface area contributed by atoms with Crippen molar-refractivity contribution in [3.8, 4) is 16.9 Å². The number of aromatic nitrogens is 2. The number of hydrogen-bond donors (Lipinski definition) is 3. The number of carbonyl (C=O) groups excluding carboxylic acids is 2. The number of thiophene rings is 1. The largest absolute Gasteiger partial charge is 0.495 e. The van der Waals surface area contributed by atoms with Gasteiger partial charge in [0.25, 0.3) is 5.91 Å². The van der Waals surface area contributed by atoms with Gasteiger partial charge in [-0.2, -0.15) is 0 Å². The number of aryl methyl sites for hydroxylation is 1. The molecule has 0 aliphatic carbocycles. The minimum Gasteiger partial charge on any atom is -0.495 e. The van der Waals surface area contributed by atoms with Crippen LogP contribution in [0.3, 0.4) is 0 Å². The van der Waals surface area contributed by atoms with Crippen molar-refractivity contribution in [1.82, 2.24) is 19.8 Å². The molecular formula is C34H36N6O4S. The molecule has 4 heterocycles. The van der Waals surface area contributed by atoms with E-state index >= 15 is 0 Å². The fourth-order valence-corrected chi connectivity index (χ4v) is 6.72. The van der Waals surface area contributed by atoms with Crippen molar-refractivity contribution < 1.29 is 19.1 Å². The Kier molecular flexibility index (Phi) is 9.11. The minimum atomic E-state index is -0.230. The molecule has 6 rings (SSSR count). The van der Waals surface area contributed by atoms with E-state index in [1.807, 2.05) is 65.5 Å². The van der Waals surface area contributed by atoms with Crippen molar-refractivity contribution in [1.29, 1.82) is 0 Å². The number of para-hydroxylation sites is 1. The Morgan fingerprint density at radius 3 is 2.78 bits per heavy atom. The van der Waals surface area contributed by atoms with Crippen molar-refractivity contribution >= 4 is 61.7 Å². The molecule has 0 atom stereocenters. The molecule has 2 aromatic carbocycles. The summed E-state index contributed by atoms with van der Waals surface area (Å²) in [5.41, 5.74) is 11.0. The van der Waals surface area contributed by atoms with Crippen LogP contribution >= 0.6 is 11.3 Å². The van der Waals surface area contributed by atoms with Gasteiger partial charge in [0.15, 0.2) is 0 Å². The van der Waals surface area contributed by atoms with E-state index in [0.29, 0.717) is 29.5 Å². The number of nitrogens with two attached hydrogens (primary N) is 1. The summed E-state index contributed by atoms with van der Waals surface area (Å²) in [6.45, 7) is 4.97. The lowest BCUT2D eigenvalue weighted by Crippen LogP contribution is -2.38. The molecule has 1 aliphatic heterocycles. The van der Waals surface area contributed by atoms with Crippen LogP contribution in [0.1, 0.15) is 22.5 Å². The maximum Gasteiger partial charge on any atom is 0.272 e. The normalized spacial score (nSPS) is 13.9. The second-order valence-corrected chi connectivity index (χ2v) is 11.8. The zero-order valence-electron chi connectivity index (χ0n) is 25.3. The smallest absolute Gasteiger partial charge is 0.272 e. The van der Waals surface area contributed by atoms with E-state index in [2.05, 4.69) is 20.5 Å². The van der Waals surface area contributed by atoms with Crippen LogP contribution in [0, 0.1) is 0 Å². The van der Waals surface area contributed by atoms with Crippen molar-refractivity contribution in [2.75, 3.05) is 57.6 Å². The van der Waals surface area contributed by atoms with Crippen LogP contribution in [-0.4, -0.2) is 72.8 Å². The summed E-state index contributed by atoms with van der Waals surface area (Å²) in [7, 11) is 3.45. The molecule has 1 fully saturated rings. The van der Waals surface area contributed by atoms with E-state index in [9.17, 15) is 9.59 Å². The van der Waals surface area contributed by atoms with E-state index < -0.39 is 0 Å². The SMILES string of the molecule is COc1cc(-c2csc3c(C=CC(=O)NCCCN4CCOCC4)cnc(N)c23)ccc1NC(=O)c1cc2ccccc2n1C. The number of methoxy groups -OCH3 is 1. The average molecular weight is 625 g/mol. The number of morpholine rings is 1. The number of ether oxygens (including phenoxy) is 2. The van der Waals surface area contributed by atoms with Gasteiger partial charge in [0.1, 0.15) is 17.3 Å². The lowest BCUT2D eigenvalue weighted by molar-refractivity contribution is -0.116. The lowest BCUT2D eigenvalue weighted by Gasteiger charge is -2.26. The summed E-state index contributed by atoms with van der Waals surface area (Å²) in [6.07, 6.45) is 5.89. The van der Waals surface area contributed by atoms with Gasteiger partial charge < -0.3 is 30.4 Å². The Hall–Kier alpha value is -4.71. The second-order valence-electron chi connectivity index (χ2n) is 10.9. The molecule has 1 saturated heterocycles. The fourth-order valence-electron chi connectivity index (χ4n) is 5.64. The molecule has 10 nitrogen and oxygen atoms in total. The number of carbonyl (C=O) groups is 2. The third-order valence-corrected chi connectivity index (χ3v) is 9.09. The number of nitrogens with one attached hydrogen (secondary N) is 2. The highest BCUT2D eigenvalue weighted by Crippen LogP contribution is 2.41. The van der Waals surface area contributed by atoms with Crippen LogP contribution in [0.4, 0.5) is 11.5 Å². The first-order valence-electron chi connectivity index (χ1n) is 14.9. The number of benzene rings is 2. The number of anilines is 2. The lowest BCUT2D eigenvalue weighted by atomic mass is 10.0. The van der Waals surface area contributed by atoms with Crippen molar-refractivity contribution in [2.45, 2.75) is 6.42 Å². The van der Waals surface area contributed by atoms with Crippen LogP contribution in [-0.2, 0) is 16.6 Å². The van der Waals surface area contributed by atoms with Gasteiger partial charge in [-0.15, -0.1) is 11.3 Å². The molecule has 3 aromatic heterocycles. The molecule has 0 unspecified atom stereocenters. The number of pyridine rings is 1. The van der Waals surface area contributed by atoms with E-state index in [-0.39, 0.29) is 11.8 Å². The predicted molar refractivity (Wildman–Crippen MR) is 181 cm³/mol. The maximum atomic E-state index is 13.2. The highest BCUT2D eigenvalue weighted by molar-refractivity contribution is 7.18. The molecule has 0 radical (unpaired) electrons. The van der Waals surface area contributed by atoms with Crippen LogP contribution in [0.5, 0.6) is 5.75 Å². The molecule has 45 heavy (non-hydrogen) atoms. The number of rotatable bonds is 10. The number of amides is 2. The highest BCUT2D eigenvalue weighted by Gasteiger charge is 2.18. The molecule has 4 N–H and O–H groups in total. The van der Waals surface area contributed by atoms with Crippen LogP contribution in [0.25, 0.3) is 38.2 Å². The van der Waals surface area contributed by atoms with Gasteiger partial charge in [0.05, 0.1) is 26.0 Å². The summed E-state index contributed by atoms with van der Waals surface area (Å²) >= 11 is 1.54. The molecule has 11 heteroatoms. The first-order valence-corrected chi connectivity index (χ1v) is 15.8. The molecule has 1 aliphatic rings. The second kappa shape index (κ2) is 13.5. The van der Waals surface area contributed by atoms with Gasteiger partial charge in [-0.05, 0) is 54.3 Å². The maximum absolute atomic E-state index is 13.2. The highest BCUT2D eigenvalue weighted by atomic mass is 32.1. The van der Waals surface area contributed by atoms with Crippen molar-refractivity contribution in [2.24, 2.45) is 7.05 Å². The first kappa shape index (κ1) is 30.3. The third-order valence-electron chi connectivity index (χ3n) is 8.07. The molecule has 232 valence electrons. The van der Waals surface area contributed by atoms with Crippen molar-refractivity contribution in [3.63, 3.8) is 0 Å². The van der Waals surface area contributed by atoms with E-state index in [4.69, 9.17) is 15.2 Å². The summed E-state index contributed by atoms with van der Waals surface area (Å²) in [4.78, 5) is 32.5. The van der Waals surface area contributed by atoms with Gasteiger partial charge in [0.2, 0.25) is 5.91 Å². The Bertz CT molecular complexity index is 1890. The quantitative estimate of drug-likeness (QED) is 0.145. The van der Waals surface area contributed by atoms with Crippen LogP contribution in [0.2, 0.25) is 0 Å². The van der Waals surface area contributed by atoms with Gasteiger partial charge in [-0.3, -0.25) is 14.5 Å². The molecule has 0 bridgehead atoms. The Morgan fingerprint density at radius 1 is 1.16 bits per heavy atom. The number of nitrogen functional groups attached to an aromatic ring is 1. The van der Waals surface area contributed by atoms with Crippen LogP contribution < -0.4 is 21.1 Å². The zero-order valence-corrected chi connectivity index (χ0v) is 26.2. The molecular weight excluding hydrogens is 588 g/mol. The van der Waals surface area contributed by atoms with Gasteiger partial charge in [-0.1, -0.05) is 24.3 Å². The minimum absolute atomic E-state index is 0.149. The monoisotopic (exact) mass is 624 g/mol. The summed E-state index contributed by atoms with van der Waals surface area (Å²) in [6, 6.07) is 15.4. The van der Waals surface area contributed by atoms with E-state index in [1.165, 1.54) is 17.4 Å². The number of nitrogens with zero attached hydrogens (tertiary/aromatic N) is 3. The predicted octanol–water partition coefficient (Wildman–Crippen LogP) is 5.15. The summed E-state index contributed by atoms with van der Waals surface area (Å²) in [5.74, 6) is 0.543. The van der Waals surface area contributed by atoms with Crippen LogP contribution in [0.15, 0.2) is 66.2 Å². The van der Waals surface area contributed by atoms with Crippen molar-refractivity contribution in [3.05, 3.63) is 77.4 Å². The fraction of sp³-hybridized carbons (Fsp3) is 0.265. The zero-order chi connectivity index (χ0) is 31.3. The van der Waals surface area contributed by atoms with E-state index in [0.717, 1.165) is 76.9 Å². The number of fused-ring (bicyclic) bond motifs is 2. The molecule has 0 spiro atoms. The van der Waals surface area contributed by atoms with Gasteiger partial charge in [0, 0.05) is 71.1 Å². The molecule has 2 amide bonds. The number of hydrogen-bond acceptors (Lipinski definition) is 8. The van der Waals surface area contributed by atoms with Gasteiger partial charge >= 0.3 is 0 Å². The Balaban J connectivity index is 1.17. The average Bonchev–Trinajstić information content (AvgIpc) is 3.66. The van der Waals surface area contributed by atoms with Gasteiger partial charge in [-0.25, -0.2) is 4.98 Å².